The summed E-state index contributed by atoms with van der Waals surface area (Å²) in [5, 5.41) is 6.49. The summed E-state index contributed by atoms with van der Waals surface area (Å²) in [6.45, 7) is 3.43. The fraction of sp³-hybridized carbons (Fsp3) is 0.0833. The van der Waals surface area contributed by atoms with Crippen molar-refractivity contribution in [3.63, 3.8) is 0 Å². The zero-order chi connectivity index (χ0) is 23.4. The number of hydrogen-bond acceptors (Lipinski definition) is 6. The van der Waals surface area contributed by atoms with Gasteiger partial charge < -0.3 is 14.6 Å². The Morgan fingerprint density at radius 3 is 2.27 bits per heavy atom. The SMILES string of the molecule is Cc1noc(NS(=O)(=O)c2ccc(NC(=O)c3cccc(Oc4ccccc4)c3)cc2)c1C. The minimum absolute atomic E-state index is 0.0206. The number of carbonyl (C=O) groups excluding carboxylic acids is 1. The Morgan fingerprint density at radius 2 is 1.61 bits per heavy atom. The fourth-order valence-corrected chi connectivity index (χ4v) is 3.98. The molecular formula is C24H21N3O5S. The molecule has 1 aromatic heterocycles. The van der Waals surface area contributed by atoms with Gasteiger partial charge in [-0.15, -0.1) is 0 Å². The third kappa shape index (κ3) is 5.21. The summed E-state index contributed by atoms with van der Waals surface area (Å²) in [6, 6.07) is 21.8. The van der Waals surface area contributed by atoms with E-state index in [4.69, 9.17) is 9.26 Å². The van der Waals surface area contributed by atoms with E-state index in [-0.39, 0.29) is 16.7 Å². The second-order valence-corrected chi connectivity index (χ2v) is 8.93. The highest BCUT2D eigenvalue weighted by Gasteiger charge is 2.19. The largest absolute Gasteiger partial charge is 0.457 e. The number of anilines is 2. The van der Waals surface area contributed by atoms with Gasteiger partial charge in [0.2, 0.25) is 5.88 Å². The molecule has 4 aromatic rings. The van der Waals surface area contributed by atoms with Crippen molar-refractivity contribution in [2.24, 2.45) is 0 Å². The molecular weight excluding hydrogens is 442 g/mol. The van der Waals surface area contributed by atoms with Crippen molar-refractivity contribution >= 4 is 27.5 Å². The van der Waals surface area contributed by atoms with E-state index in [9.17, 15) is 13.2 Å². The average molecular weight is 464 g/mol. The minimum Gasteiger partial charge on any atom is -0.457 e. The van der Waals surface area contributed by atoms with Crippen LogP contribution in [0, 0.1) is 13.8 Å². The van der Waals surface area contributed by atoms with Gasteiger partial charge in [0.15, 0.2) is 0 Å². The van der Waals surface area contributed by atoms with Gasteiger partial charge in [-0.2, -0.15) is 0 Å². The van der Waals surface area contributed by atoms with Gasteiger partial charge in [0, 0.05) is 16.8 Å². The van der Waals surface area contributed by atoms with Gasteiger partial charge in [-0.25, -0.2) is 13.1 Å². The van der Waals surface area contributed by atoms with Gasteiger partial charge in [0.25, 0.3) is 15.9 Å². The van der Waals surface area contributed by atoms with E-state index in [0.717, 1.165) is 0 Å². The molecule has 0 bridgehead atoms. The summed E-state index contributed by atoms with van der Waals surface area (Å²) in [5.74, 6) is 0.910. The number of ether oxygens (including phenoxy) is 1. The van der Waals surface area contributed by atoms with E-state index in [1.807, 2.05) is 30.3 Å². The van der Waals surface area contributed by atoms with Crippen LogP contribution in [0.4, 0.5) is 11.6 Å². The maximum Gasteiger partial charge on any atom is 0.264 e. The van der Waals surface area contributed by atoms with Gasteiger partial charge in [0.1, 0.15) is 11.5 Å². The molecule has 4 rings (SSSR count). The molecule has 0 radical (unpaired) electrons. The first-order valence-electron chi connectivity index (χ1n) is 10.0. The van der Waals surface area contributed by atoms with Crippen LogP contribution in [0.5, 0.6) is 11.5 Å². The number of amides is 1. The predicted molar refractivity (Wildman–Crippen MR) is 124 cm³/mol. The van der Waals surface area contributed by atoms with E-state index in [2.05, 4.69) is 15.2 Å². The van der Waals surface area contributed by atoms with Crippen molar-refractivity contribution in [2.75, 3.05) is 10.0 Å². The number of para-hydroxylation sites is 1. The summed E-state index contributed by atoms with van der Waals surface area (Å²) in [6.07, 6.45) is 0. The number of hydrogen-bond donors (Lipinski definition) is 2. The molecule has 0 aliphatic rings. The smallest absolute Gasteiger partial charge is 0.264 e. The van der Waals surface area contributed by atoms with Gasteiger partial charge in [0.05, 0.1) is 10.6 Å². The Morgan fingerprint density at radius 1 is 0.909 bits per heavy atom. The number of aryl methyl sites for hydroxylation is 1. The van der Waals surface area contributed by atoms with E-state index in [0.29, 0.717) is 34.0 Å². The Balaban J connectivity index is 1.44. The molecule has 8 nitrogen and oxygen atoms in total. The average Bonchev–Trinajstić information content (AvgIpc) is 3.12. The standard InChI is InChI=1S/C24H21N3O5S/c1-16-17(2)26-32-24(16)27-33(29,30)22-13-11-19(12-14-22)25-23(28)18-7-6-10-21(15-18)31-20-8-4-3-5-9-20/h3-15,27H,1-2H3,(H,25,28). The van der Waals surface area contributed by atoms with Crippen LogP contribution in [-0.2, 0) is 10.0 Å². The lowest BCUT2D eigenvalue weighted by Gasteiger charge is -2.10. The highest BCUT2D eigenvalue weighted by molar-refractivity contribution is 7.92. The Hall–Kier alpha value is -4.11. The molecule has 33 heavy (non-hydrogen) atoms. The Bertz CT molecular complexity index is 1380. The first-order chi connectivity index (χ1) is 15.8. The molecule has 2 N–H and O–H groups in total. The van der Waals surface area contributed by atoms with E-state index >= 15 is 0 Å². The summed E-state index contributed by atoms with van der Waals surface area (Å²) in [7, 11) is -3.87. The van der Waals surface area contributed by atoms with Crippen molar-refractivity contribution in [2.45, 2.75) is 18.7 Å². The number of carbonyl (C=O) groups is 1. The molecule has 3 aromatic carbocycles. The van der Waals surface area contributed by atoms with E-state index in [1.165, 1.54) is 24.3 Å². The molecule has 1 amide bonds. The van der Waals surface area contributed by atoms with Crippen molar-refractivity contribution in [1.29, 1.82) is 0 Å². The minimum atomic E-state index is -3.87. The molecule has 0 aliphatic carbocycles. The summed E-state index contributed by atoms with van der Waals surface area (Å²) in [5.41, 5.74) is 2.06. The first-order valence-corrected chi connectivity index (χ1v) is 11.5. The van der Waals surface area contributed by atoms with Crippen LogP contribution >= 0.6 is 0 Å². The molecule has 0 aliphatic heterocycles. The third-order valence-electron chi connectivity index (χ3n) is 4.88. The van der Waals surface area contributed by atoms with E-state index in [1.54, 1.807) is 38.1 Å². The van der Waals surface area contributed by atoms with Gasteiger partial charge >= 0.3 is 0 Å². The fourth-order valence-electron chi connectivity index (χ4n) is 2.94. The maximum atomic E-state index is 12.7. The van der Waals surface area contributed by atoms with Crippen LogP contribution in [0.1, 0.15) is 21.6 Å². The van der Waals surface area contributed by atoms with Crippen LogP contribution in [0.25, 0.3) is 0 Å². The van der Waals surface area contributed by atoms with Crippen LogP contribution < -0.4 is 14.8 Å². The maximum absolute atomic E-state index is 12.7. The Labute approximate surface area is 191 Å². The second kappa shape index (κ2) is 9.17. The molecule has 0 atom stereocenters. The normalized spacial score (nSPS) is 11.1. The Kier molecular flexibility index (Phi) is 6.14. The number of rotatable bonds is 7. The zero-order valence-electron chi connectivity index (χ0n) is 17.9. The van der Waals surface area contributed by atoms with Crippen LogP contribution in [0.2, 0.25) is 0 Å². The lowest BCUT2D eigenvalue weighted by molar-refractivity contribution is 0.102. The quantitative estimate of drug-likeness (QED) is 0.393. The monoisotopic (exact) mass is 463 g/mol. The van der Waals surface area contributed by atoms with Crippen LogP contribution in [0.3, 0.4) is 0 Å². The van der Waals surface area contributed by atoms with Gasteiger partial charge in [-0.3, -0.25) is 4.79 Å². The summed E-state index contributed by atoms with van der Waals surface area (Å²) < 4.78 is 38.4. The predicted octanol–water partition coefficient (Wildman–Crippen LogP) is 5.14. The van der Waals surface area contributed by atoms with Crippen molar-refractivity contribution in [3.8, 4) is 11.5 Å². The zero-order valence-corrected chi connectivity index (χ0v) is 18.7. The number of nitrogens with zero attached hydrogens (tertiary/aromatic N) is 1. The lowest BCUT2D eigenvalue weighted by atomic mass is 10.2. The highest BCUT2D eigenvalue weighted by Crippen LogP contribution is 2.24. The topological polar surface area (TPSA) is 111 Å². The molecule has 0 saturated carbocycles. The molecule has 0 fully saturated rings. The van der Waals surface area contributed by atoms with Crippen LogP contribution in [-0.4, -0.2) is 19.5 Å². The molecule has 1 heterocycles. The first kappa shape index (κ1) is 22.1. The van der Waals surface area contributed by atoms with Gasteiger partial charge in [-0.1, -0.05) is 29.4 Å². The number of nitrogens with one attached hydrogen (secondary N) is 2. The van der Waals surface area contributed by atoms with Gasteiger partial charge in [-0.05, 0) is 68.4 Å². The molecule has 168 valence electrons. The van der Waals surface area contributed by atoms with E-state index < -0.39 is 10.0 Å². The number of aromatic nitrogens is 1. The molecule has 0 unspecified atom stereocenters. The summed E-state index contributed by atoms with van der Waals surface area (Å²) >= 11 is 0. The molecule has 9 heteroatoms. The third-order valence-corrected chi connectivity index (χ3v) is 6.23. The number of benzene rings is 3. The highest BCUT2D eigenvalue weighted by atomic mass is 32.2. The van der Waals surface area contributed by atoms with Crippen LogP contribution in [0.15, 0.2) is 88.3 Å². The second-order valence-electron chi connectivity index (χ2n) is 7.25. The molecule has 0 spiro atoms. The lowest BCUT2D eigenvalue weighted by Crippen LogP contribution is -2.14. The number of sulfonamides is 1. The summed E-state index contributed by atoms with van der Waals surface area (Å²) in [4.78, 5) is 12.7. The molecule has 0 saturated heterocycles. The van der Waals surface area contributed by atoms with Crippen molar-refractivity contribution < 1.29 is 22.5 Å². The van der Waals surface area contributed by atoms with Crippen molar-refractivity contribution in [1.82, 2.24) is 5.16 Å². The van der Waals surface area contributed by atoms with Crippen molar-refractivity contribution in [3.05, 3.63) is 95.7 Å².